The van der Waals surface area contributed by atoms with Crippen molar-refractivity contribution >= 4 is 46.6 Å². The summed E-state index contributed by atoms with van der Waals surface area (Å²) in [5.74, 6) is -0.262. The van der Waals surface area contributed by atoms with Crippen LogP contribution in [0.15, 0.2) is 90.0 Å². The van der Waals surface area contributed by atoms with Gasteiger partial charge >= 0.3 is 0 Å². The zero-order chi connectivity index (χ0) is 23.2. The monoisotopic (exact) mass is 489 g/mol. The summed E-state index contributed by atoms with van der Waals surface area (Å²) in [7, 11) is 0. The molecular formula is C26H17Cl2N3OS. The summed E-state index contributed by atoms with van der Waals surface area (Å²) in [6.45, 7) is 0. The van der Waals surface area contributed by atoms with Crippen molar-refractivity contribution in [1.82, 2.24) is 4.98 Å². The van der Waals surface area contributed by atoms with E-state index in [1.165, 1.54) is 11.8 Å². The molecule has 1 amide bonds. The van der Waals surface area contributed by atoms with Gasteiger partial charge in [-0.15, -0.1) is 0 Å². The molecule has 1 heterocycles. The summed E-state index contributed by atoms with van der Waals surface area (Å²) in [5, 5.41) is 13.9. The first kappa shape index (κ1) is 22.9. The van der Waals surface area contributed by atoms with E-state index in [4.69, 9.17) is 28.2 Å². The van der Waals surface area contributed by atoms with Crippen LogP contribution in [-0.4, -0.2) is 16.6 Å². The number of para-hydroxylation sites is 1. The van der Waals surface area contributed by atoms with Crippen LogP contribution in [0.25, 0.3) is 22.4 Å². The molecule has 0 saturated heterocycles. The lowest BCUT2D eigenvalue weighted by molar-refractivity contribution is -0.113. The molecular weight excluding hydrogens is 473 g/mol. The summed E-state index contributed by atoms with van der Waals surface area (Å²) in [5.41, 5.74) is 4.11. The van der Waals surface area contributed by atoms with Crippen LogP contribution in [0, 0.1) is 11.3 Å². The fraction of sp³-hybridized carbons (Fsp3) is 0.0385. The second-order valence-corrected chi connectivity index (χ2v) is 8.79. The van der Waals surface area contributed by atoms with E-state index in [1.807, 2.05) is 66.7 Å². The van der Waals surface area contributed by atoms with Gasteiger partial charge in [0.2, 0.25) is 5.91 Å². The zero-order valence-corrected chi connectivity index (χ0v) is 19.6. The number of anilines is 1. The molecule has 0 unspecified atom stereocenters. The Hall–Kier alpha value is -3.30. The third kappa shape index (κ3) is 5.37. The Morgan fingerprint density at radius 3 is 2.12 bits per heavy atom. The molecule has 0 radical (unpaired) electrons. The molecule has 3 aromatic carbocycles. The van der Waals surface area contributed by atoms with Crippen molar-refractivity contribution in [2.24, 2.45) is 0 Å². The summed E-state index contributed by atoms with van der Waals surface area (Å²) in [6.07, 6.45) is 0. The van der Waals surface area contributed by atoms with Gasteiger partial charge in [-0.05, 0) is 23.8 Å². The molecule has 0 aliphatic rings. The van der Waals surface area contributed by atoms with Gasteiger partial charge in [0.1, 0.15) is 11.1 Å². The summed E-state index contributed by atoms with van der Waals surface area (Å²) >= 11 is 13.5. The highest BCUT2D eigenvalue weighted by Crippen LogP contribution is 2.35. The lowest BCUT2D eigenvalue weighted by Crippen LogP contribution is -2.15. The average molecular weight is 490 g/mol. The third-order valence-electron chi connectivity index (χ3n) is 4.82. The molecule has 33 heavy (non-hydrogen) atoms. The highest BCUT2D eigenvalue weighted by Gasteiger charge is 2.17. The van der Waals surface area contributed by atoms with Crippen LogP contribution >= 0.6 is 35.0 Å². The number of carbonyl (C=O) groups is 1. The van der Waals surface area contributed by atoms with E-state index < -0.39 is 0 Å². The minimum absolute atomic E-state index is 0.0374. The number of pyridine rings is 1. The van der Waals surface area contributed by atoms with Crippen molar-refractivity contribution < 1.29 is 4.79 Å². The van der Waals surface area contributed by atoms with Crippen molar-refractivity contribution in [3.8, 4) is 28.5 Å². The van der Waals surface area contributed by atoms with E-state index in [1.54, 1.807) is 18.2 Å². The van der Waals surface area contributed by atoms with Gasteiger partial charge < -0.3 is 5.32 Å². The zero-order valence-electron chi connectivity index (χ0n) is 17.3. The maximum Gasteiger partial charge on any atom is 0.234 e. The average Bonchev–Trinajstić information content (AvgIpc) is 2.85. The SMILES string of the molecule is N#Cc1c(-c2ccccc2)cc(-c2ccccc2)nc1SCC(=O)Nc1c(Cl)cccc1Cl. The predicted octanol–water partition coefficient (Wildman–Crippen LogP) is 7.32. The molecule has 1 aromatic heterocycles. The molecule has 7 heteroatoms. The number of nitrogens with zero attached hydrogens (tertiary/aromatic N) is 2. The van der Waals surface area contributed by atoms with E-state index in [0.717, 1.165) is 22.4 Å². The van der Waals surface area contributed by atoms with Crippen LogP contribution in [0.3, 0.4) is 0 Å². The number of nitrogens with one attached hydrogen (secondary N) is 1. The highest BCUT2D eigenvalue weighted by atomic mass is 35.5. The van der Waals surface area contributed by atoms with Gasteiger partial charge in [-0.25, -0.2) is 4.98 Å². The second kappa shape index (κ2) is 10.5. The van der Waals surface area contributed by atoms with Crippen LogP contribution in [0.1, 0.15) is 5.56 Å². The normalized spacial score (nSPS) is 10.5. The number of aromatic nitrogens is 1. The van der Waals surface area contributed by atoms with Gasteiger partial charge in [-0.2, -0.15) is 5.26 Å². The van der Waals surface area contributed by atoms with Gasteiger partial charge in [0, 0.05) is 11.1 Å². The minimum Gasteiger partial charge on any atom is -0.323 e. The molecule has 0 aliphatic heterocycles. The number of hydrogen-bond acceptors (Lipinski definition) is 4. The fourth-order valence-electron chi connectivity index (χ4n) is 3.26. The Bertz CT molecular complexity index is 1320. The topological polar surface area (TPSA) is 65.8 Å². The number of amides is 1. The lowest BCUT2D eigenvalue weighted by Gasteiger charge is -2.13. The van der Waals surface area contributed by atoms with Gasteiger partial charge in [0.25, 0.3) is 0 Å². The van der Waals surface area contributed by atoms with Crippen molar-refractivity contribution in [3.63, 3.8) is 0 Å². The molecule has 0 aliphatic carbocycles. The van der Waals surface area contributed by atoms with E-state index >= 15 is 0 Å². The van der Waals surface area contributed by atoms with Crippen LogP contribution in [0.5, 0.6) is 0 Å². The van der Waals surface area contributed by atoms with Crippen LogP contribution in [-0.2, 0) is 4.79 Å². The molecule has 0 fully saturated rings. The van der Waals surface area contributed by atoms with E-state index in [-0.39, 0.29) is 11.7 Å². The molecule has 162 valence electrons. The first-order valence-corrected chi connectivity index (χ1v) is 11.7. The molecule has 0 saturated carbocycles. The second-order valence-electron chi connectivity index (χ2n) is 7.01. The molecule has 4 nitrogen and oxygen atoms in total. The number of nitriles is 1. The van der Waals surface area contributed by atoms with Crippen molar-refractivity contribution in [2.75, 3.05) is 11.1 Å². The van der Waals surface area contributed by atoms with Gasteiger partial charge in [-0.1, -0.05) is 102 Å². The summed E-state index contributed by atoms with van der Waals surface area (Å²) in [6, 6.07) is 28.6. The number of benzene rings is 3. The smallest absolute Gasteiger partial charge is 0.234 e. The molecule has 0 atom stereocenters. The highest BCUT2D eigenvalue weighted by molar-refractivity contribution is 8.00. The standard InChI is InChI=1S/C26H17Cl2N3OS/c27-21-12-7-13-22(28)25(21)31-24(32)16-33-26-20(15-29)19(17-8-3-1-4-9-17)14-23(30-26)18-10-5-2-6-11-18/h1-14H,16H2,(H,31,32). The number of halogens is 2. The Labute approximate surface area is 206 Å². The van der Waals surface area contributed by atoms with E-state index in [0.29, 0.717) is 26.3 Å². The first-order valence-electron chi connectivity index (χ1n) is 9.99. The van der Waals surface area contributed by atoms with Gasteiger partial charge in [0.15, 0.2) is 0 Å². The molecule has 0 spiro atoms. The number of thioether (sulfide) groups is 1. The summed E-state index contributed by atoms with van der Waals surface area (Å²) in [4.78, 5) is 17.4. The first-order chi connectivity index (χ1) is 16.1. The number of hydrogen-bond donors (Lipinski definition) is 1. The quantitative estimate of drug-likeness (QED) is 0.288. The molecule has 0 bridgehead atoms. The Morgan fingerprint density at radius 2 is 1.52 bits per heavy atom. The van der Waals surface area contributed by atoms with Crippen LogP contribution in [0.4, 0.5) is 5.69 Å². The van der Waals surface area contributed by atoms with E-state index in [2.05, 4.69) is 11.4 Å². The Morgan fingerprint density at radius 1 is 0.909 bits per heavy atom. The van der Waals surface area contributed by atoms with Gasteiger partial charge in [0.05, 0.1) is 32.7 Å². The van der Waals surface area contributed by atoms with Crippen LogP contribution in [0.2, 0.25) is 10.0 Å². The predicted molar refractivity (Wildman–Crippen MR) is 136 cm³/mol. The maximum atomic E-state index is 12.6. The lowest BCUT2D eigenvalue weighted by atomic mass is 9.99. The maximum absolute atomic E-state index is 12.6. The largest absolute Gasteiger partial charge is 0.323 e. The van der Waals surface area contributed by atoms with Crippen molar-refractivity contribution in [1.29, 1.82) is 5.26 Å². The molecule has 4 rings (SSSR count). The third-order valence-corrected chi connectivity index (χ3v) is 6.42. The number of rotatable bonds is 6. The summed E-state index contributed by atoms with van der Waals surface area (Å²) < 4.78 is 0. The molecule has 1 N–H and O–H groups in total. The minimum atomic E-state index is -0.299. The van der Waals surface area contributed by atoms with E-state index in [9.17, 15) is 10.1 Å². The fourth-order valence-corrected chi connectivity index (χ4v) is 4.56. The van der Waals surface area contributed by atoms with Crippen molar-refractivity contribution in [2.45, 2.75) is 5.03 Å². The molecule has 4 aromatic rings. The van der Waals surface area contributed by atoms with Gasteiger partial charge in [-0.3, -0.25) is 4.79 Å². The van der Waals surface area contributed by atoms with Crippen molar-refractivity contribution in [3.05, 3.63) is 101 Å². The Balaban J connectivity index is 1.68. The van der Waals surface area contributed by atoms with Crippen LogP contribution < -0.4 is 5.32 Å². The Kier molecular flexibility index (Phi) is 7.31. The number of carbonyl (C=O) groups excluding carboxylic acids is 1.